The summed E-state index contributed by atoms with van der Waals surface area (Å²) in [6.07, 6.45) is 5.44. The van der Waals surface area contributed by atoms with Gasteiger partial charge in [-0.1, -0.05) is 48.6 Å². The normalized spacial score (nSPS) is 16.8. The van der Waals surface area contributed by atoms with Crippen LogP contribution in [0.25, 0.3) is 17.2 Å². The lowest BCUT2D eigenvalue weighted by atomic mass is 9.95. The highest BCUT2D eigenvalue weighted by molar-refractivity contribution is 5.86. The van der Waals surface area contributed by atoms with Gasteiger partial charge in [0, 0.05) is 45.2 Å². The quantitative estimate of drug-likeness (QED) is 0.333. The van der Waals surface area contributed by atoms with Gasteiger partial charge >= 0.3 is 0 Å². The summed E-state index contributed by atoms with van der Waals surface area (Å²) >= 11 is 0. The highest BCUT2D eigenvalue weighted by atomic mass is 16.5. The molecule has 5 rings (SSSR count). The standard InChI is InChI=1S/C37H44N4O6/c1-24(37(44)41-20-18-40(19-21-41)17-9-12-26-10-7-6-8-11-26)38-31-16-14-28-29(23-32(31)43)30(39-25(2)42)15-13-27-22-33(45-3)35(46-4)36(47-5)34(27)28/h6-12,14,16,22-24,30H,13,15,17-21H2,1-5H3,(H,38,43)(H,39,42)/t24-,30-/m0/s1. The van der Waals surface area contributed by atoms with Crippen LogP contribution in [0.4, 0.5) is 5.69 Å². The molecule has 1 saturated heterocycles. The molecule has 1 aliphatic carbocycles. The summed E-state index contributed by atoms with van der Waals surface area (Å²) in [5.74, 6) is 1.20. The van der Waals surface area contributed by atoms with Crippen LogP contribution in [0, 0.1) is 0 Å². The van der Waals surface area contributed by atoms with Crippen molar-refractivity contribution < 1.29 is 23.8 Å². The van der Waals surface area contributed by atoms with Crippen molar-refractivity contribution >= 4 is 23.6 Å². The zero-order valence-corrected chi connectivity index (χ0v) is 27.8. The van der Waals surface area contributed by atoms with E-state index in [4.69, 9.17) is 14.2 Å². The van der Waals surface area contributed by atoms with Gasteiger partial charge in [0.1, 0.15) is 6.04 Å². The van der Waals surface area contributed by atoms with E-state index in [9.17, 15) is 14.4 Å². The third-order valence-electron chi connectivity index (χ3n) is 8.82. The second-order valence-corrected chi connectivity index (χ2v) is 11.9. The largest absolute Gasteiger partial charge is 0.493 e. The smallest absolute Gasteiger partial charge is 0.244 e. The van der Waals surface area contributed by atoms with Crippen molar-refractivity contribution in [3.8, 4) is 28.4 Å². The summed E-state index contributed by atoms with van der Waals surface area (Å²) in [7, 11) is 4.69. The van der Waals surface area contributed by atoms with Crippen LogP contribution in [-0.4, -0.2) is 81.7 Å². The number of piperazine rings is 1. The fraction of sp³-hybridized carbons (Fsp3) is 0.378. The number of fused-ring (bicyclic) bond motifs is 3. The highest BCUT2D eigenvalue weighted by Gasteiger charge is 2.30. The third kappa shape index (κ3) is 7.60. The second kappa shape index (κ2) is 15.2. The molecule has 0 bridgehead atoms. The zero-order chi connectivity index (χ0) is 33.5. The molecule has 1 aliphatic heterocycles. The number of carbonyl (C=O) groups is 2. The van der Waals surface area contributed by atoms with Crippen LogP contribution in [0.3, 0.4) is 0 Å². The van der Waals surface area contributed by atoms with Gasteiger partial charge in [-0.15, -0.1) is 0 Å². The number of nitrogens with one attached hydrogen (secondary N) is 2. The Balaban J connectivity index is 1.37. The van der Waals surface area contributed by atoms with Gasteiger partial charge in [0.2, 0.25) is 23.0 Å². The summed E-state index contributed by atoms with van der Waals surface area (Å²) in [5.41, 5.74) is 4.30. The number of hydrogen-bond donors (Lipinski definition) is 2. The van der Waals surface area contributed by atoms with Crippen LogP contribution in [0.5, 0.6) is 17.2 Å². The Kier molecular flexibility index (Phi) is 10.8. The maximum absolute atomic E-state index is 13.7. The molecule has 0 radical (unpaired) electrons. The third-order valence-corrected chi connectivity index (χ3v) is 8.82. The van der Waals surface area contributed by atoms with Crippen LogP contribution in [-0.2, 0) is 16.0 Å². The maximum Gasteiger partial charge on any atom is 0.244 e. The van der Waals surface area contributed by atoms with E-state index in [-0.39, 0.29) is 17.2 Å². The first-order chi connectivity index (χ1) is 22.7. The van der Waals surface area contributed by atoms with E-state index in [1.807, 2.05) is 35.2 Å². The van der Waals surface area contributed by atoms with Crippen LogP contribution >= 0.6 is 0 Å². The molecule has 2 aliphatic rings. The highest BCUT2D eigenvalue weighted by Crippen LogP contribution is 2.50. The van der Waals surface area contributed by atoms with Crippen molar-refractivity contribution in [3.63, 3.8) is 0 Å². The molecule has 10 nitrogen and oxygen atoms in total. The minimum Gasteiger partial charge on any atom is -0.493 e. The topological polar surface area (TPSA) is 109 Å². The minimum absolute atomic E-state index is 0.0584. The molecule has 2 atom stereocenters. The summed E-state index contributed by atoms with van der Waals surface area (Å²) < 4.78 is 17.1. The number of carbonyl (C=O) groups excluding carboxylic acids is 2. The van der Waals surface area contributed by atoms with Gasteiger partial charge in [0.15, 0.2) is 11.5 Å². The van der Waals surface area contributed by atoms with E-state index in [1.165, 1.54) is 12.5 Å². The number of benzene rings is 2. The summed E-state index contributed by atoms with van der Waals surface area (Å²) in [4.78, 5) is 43.6. The Morgan fingerprint density at radius 3 is 2.34 bits per heavy atom. The number of aryl methyl sites for hydroxylation is 1. The first-order valence-corrected chi connectivity index (χ1v) is 16.0. The lowest BCUT2D eigenvalue weighted by Gasteiger charge is -2.35. The fourth-order valence-corrected chi connectivity index (χ4v) is 6.45. The molecule has 2 amide bonds. The van der Waals surface area contributed by atoms with E-state index in [0.29, 0.717) is 54.4 Å². The molecule has 10 heteroatoms. The van der Waals surface area contributed by atoms with Gasteiger partial charge in [-0.2, -0.15) is 0 Å². The molecule has 0 unspecified atom stereocenters. The number of hydrogen-bond acceptors (Lipinski definition) is 8. The van der Waals surface area contributed by atoms with Crippen molar-refractivity contribution in [1.29, 1.82) is 0 Å². The van der Waals surface area contributed by atoms with Crippen LogP contribution in [0.15, 0.2) is 65.5 Å². The lowest BCUT2D eigenvalue weighted by Crippen LogP contribution is -2.52. The molecular formula is C37H44N4O6. The van der Waals surface area contributed by atoms with Crippen LogP contribution in [0.1, 0.15) is 43.0 Å². The molecule has 0 saturated carbocycles. The van der Waals surface area contributed by atoms with Gasteiger partial charge in [0.25, 0.3) is 0 Å². The Hall–Kier alpha value is -4.83. The molecular weight excluding hydrogens is 596 g/mol. The molecule has 1 heterocycles. The molecule has 0 spiro atoms. The molecule has 248 valence electrons. The molecule has 0 aromatic heterocycles. The van der Waals surface area contributed by atoms with Gasteiger partial charge in [-0.05, 0) is 60.2 Å². The van der Waals surface area contributed by atoms with Crippen molar-refractivity contribution in [2.75, 3.05) is 59.4 Å². The van der Waals surface area contributed by atoms with Gasteiger partial charge < -0.3 is 29.7 Å². The number of nitrogens with zero attached hydrogens (tertiary/aromatic N) is 2. The van der Waals surface area contributed by atoms with Crippen LogP contribution in [0.2, 0.25) is 0 Å². The molecule has 3 aromatic carbocycles. The van der Waals surface area contributed by atoms with Gasteiger partial charge in [-0.3, -0.25) is 19.3 Å². The average Bonchev–Trinajstić information content (AvgIpc) is 3.32. The van der Waals surface area contributed by atoms with E-state index in [0.717, 1.165) is 36.3 Å². The minimum atomic E-state index is -0.619. The fourth-order valence-electron chi connectivity index (χ4n) is 6.45. The van der Waals surface area contributed by atoms with Crippen molar-refractivity contribution in [2.24, 2.45) is 0 Å². The summed E-state index contributed by atoms with van der Waals surface area (Å²) in [6, 6.07) is 16.2. The molecule has 47 heavy (non-hydrogen) atoms. The first kappa shape index (κ1) is 33.5. The number of rotatable bonds is 10. The number of ether oxygens (including phenoxy) is 3. The SMILES string of the molecule is COc1cc2c(c(OC)c1OC)-c1ccc(N[C@@H](C)C(=O)N3CCN(CC=Cc4ccccc4)CC3)c(=O)cc1[C@@H](NC(C)=O)CC2. The summed E-state index contributed by atoms with van der Waals surface area (Å²) in [6.45, 7) is 6.85. The van der Waals surface area contributed by atoms with E-state index >= 15 is 0 Å². The Morgan fingerprint density at radius 2 is 1.68 bits per heavy atom. The number of anilines is 1. The molecule has 3 aromatic rings. The Labute approximate surface area is 276 Å². The van der Waals surface area contributed by atoms with Crippen LogP contribution < -0.4 is 30.3 Å². The number of amides is 2. The predicted molar refractivity (Wildman–Crippen MR) is 184 cm³/mol. The lowest BCUT2D eigenvalue weighted by molar-refractivity contribution is -0.133. The van der Waals surface area contributed by atoms with E-state index in [2.05, 4.69) is 39.8 Å². The van der Waals surface area contributed by atoms with Crippen molar-refractivity contribution in [2.45, 2.75) is 38.8 Å². The van der Waals surface area contributed by atoms with Crippen molar-refractivity contribution in [3.05, 3.63) is 87.6 Å². The Bertz CT molecular complexity index is 1680. The molecule has 2 N–H and O–H groups in total. The number of methoxy groups -OCH3 is 3. The van der Waals surface area contributed by atoms with Gasteiger partial charge in [-0.25, -0.2) is 0 Å². The average molecular weight is 641 g/mol. The monoisotopic (exact) mass is 640 g/mol. The van der Waals surface area contributed by atoms with Gasteiger partial charge in [0.05, 0.1) is 33.1 Å². The Morgan fingerprint density at radius 1 is 0.957 bits per heavy atom. The molecule has 1 fully saturated rings. The zero-order valence-electron chi connectivity index (χ0n) is 27.8. The van der Waals surface area contributed by atoms with E-state index < -0.39 is 12.1 Å². The first-order valence-electron chi connectivity index (χ1n) is 16.0. The van der Waals surface area contributed by atoms with Crippen molar-refractivity contribution in [1.82, 2.24) is 15.1 Å². The second-order valence-electron chi connectivity index (χ2n) is 11.9. The summed E-state index contributed by atoms with van der Waals surface area (Å²) in [5, 5.41) is 6.21. The maximum atomic E-state index is 13.7. The van der Waals surface area contributed by atoms with E-state index in [1.54, 1.807) is 40.4 Å². The predicted octanol–water partition coefficient (Wildman–Crippen LogP) is 4.52.